The molecule has 0 atom stereocenters. The largest absolute Gasteiger partial charge is 0.441 e. The number of benzene rings is 2. The van der Waals surface area contributed by atoms with Gasteiger partial charge in [0.15, 0.2) is 11.7 Å². The van der Waals surface area contributed by atoms with E-state index in [1.54, 1.807) is 48.9 Å². The average Bonchev–Trinajstić information content (AvgIpc) is 3.31. The number of aromatic nitrogens is 2. The molecule has 3 amide bonds. The molecule has 4 rings (SSSR count). The average molecular weight is 476 g/mol. The molecule has 0 aliphatic heterocycles. The number of nitrogens with one attached hydrogen (secondary N) is 3. The molecule has 4 aromatic rings. The maximum Gasteiger partial charge on any atom is 0.319 e. The van der Waals surface area contributed by atoms with Crippen LogP contribution >= 0.6 is 11.6 Å². The zero-order valence-corrected chi connectivity index (χ0v) is 18.9. The molecule has 2 aromatic heterocycles. The van der Waals surface area contributed by atoms with Crippen LogP contribution in [0.25, 0.3) is 11.3 Å². The minimum Gasteiger partial charge on any atom is -0.441 e. The molecule has 0 saturated heterocycles. The third-order valence-corrected chi connectivity index (χ3v) is 5.20. The molecule has 3 N–H and O–H groups in total. The summed E-state index contributed by atoms with van der Waals surface area (Å²) in [5, 5.41) is 8.92. The predicted molar refractivity (Wildman–Crippen MR) is 130 cm³/mol. The summed E-state index contributed by atoms with van der Waals surface area (Å²) in [6, 6.07) is 17.6. The maximum atomic E-state index is 12.4. The van der Waals surface area contributed by atoms with E-state index < -0.39 is 0 Å². The van der Waals surface area contributed by atoms with Crippen LogP contribution in [-0.4, -0.2) is 21.9 Å². The number of amides is 3. The summed E-state index contributed by atoms with van der Waals surface area (Å²) in [6.45, 7) is 0.379. The van der Waals surface area contributed by atoms with Gasteiger partial charge in [-0.05, 0) is 48.0 Å². The molecule has 0 fully saturated rings. The van der Waals surface area contributed by atoms with Gasteiger partial charge in [-0.2, -0.15) is 0 Å². The van der Waals surface area contributed by atoms with Gasteiger partial charge < -0.3 is 20.4 Å². The van der Waals surface area contributed by atoms with Gasteiger partial charge in [-0.1, -0.05) is 29.8 Å². The molecule has 172 valence electrons. The van der Waals surface area contributed by atoms with Crippen LogP contribution in [0.4, 0.5) is 16.2 Å². The van der Waals surface area contributed by atoms with Crippen LogP contribution in [0.3, 0.4) is 0 Å². The van der Waals surface area contributed by atoms with Crippen molar-refractivity contribution in [3.8, 4) is 11.3 Å². The van der Waals surface area contributed by atoms with Crippen molar-refractivity contribution in [3.05, 3.63) is 95.7 Å². The Morgan fingerprint density at radius 2 is 1.71 bits per heavy atom. The van der Waals surface area contributed by atoms with E-state index >= 15 is 0 Å². The Hall–Kier alpha value is -4.17. The number of halogens is 1. The van der Waals surface area contributed by atoms with E-state index in [9.17, 15) is 9.59 Å². The second-order valence-corrected chi connectivity index (χ2v) is 7.80. The Labute approximate surface area is 201 Å². The first kappa shape index (κ1) is 23.0. The SMILES string of the molecule is O=C(CCc1ncc(-c2ccccc2Cl)o1)Nc1cccc(NC(=O)NCc2ccncc2)c1. The van der Waals surface area contributed by atoms with Gasteiger partial charge in [0.25, 0.3) is 0 Å². The number of urea groups is 1. The van der Waals surface area contributed by atoms with E-state index in [2.05, 4.69) is 25.9 Å². The van der Waals surface area contributed by atoms with Crippen LogP contribution in [-0.2, 0) is 17.8 Å². The summed E-state index contributed by atoms with van der Waals surface area (Å²) in [5.41, 5.74) is 2.82. The van der Waals surface area contributed by atoms with E-state index in [1.165, 1.54) is 0 Å². The molecule has 9 heteroatoms. The number of aryl methyl sites for hydroxylation is 1. The first-order chi connectivity index (χ1) is 16.6. The highest BCUT2D eigenvalue weighted by molar-refractivity contribution is 6.33. The van der Waals surface area contributed by atoms with Gasteiger partial charge in [0, 0.05) is 48.7 Å². The fourth-order valence-corrected chi connectivity index (χ4v) is 3.42. The van der Waals surface area contributed by atoms with E-state index in [0.717, 1.165) is 11.1 Å². The quantitative estimate of drug-likeness (QED) is 0.321. The van der Waals surface area contributed by atoms with Crippen LogP contribution in [0.15, 0.2) is 83.7 Å². The highest BCUT2D eigenvalue weighted by Crippen LogP contribution is 2.28. The van der Waals surface area contributed by atoms with Gasteiger partial charge in [-0.15, -0.1) is 0 Å². The zero-order valence-electron chi connectivity index (χ0n) is 18.1. The van der Waals surface area contributed by atoms with E-state index in [0.29, 0.717) is 41.0 Å². The summed E-state index contributed by atoms with van der Waals surface area (Å²) in [6.07, 6.45) is 5.46. The number of rotatable bonds is 8. The lowest BCUT2D eigenvalue weighted by Gasteiger charge is -2.10. The Morgan fingerprint density at radius 1 is 0.941 bits per heavy atom. The molecule has 0 bridgehead atoms. The number of pyridine rings is 1. The first-order valence-electron chi connectivity index (χ1n) is 10.6. The standard InChI is InChI=1S/C25H22ClN5O3/c26-21-7-2-1-6-20(21)22-16-28-24(34-22)9-8-23(32)30-18-4-3-5-19(14-18)31-25(33)29-15-17-10-12-27-13-11-17/h1-7,10-14,16H,8-9,15H2,(H,30,32)(H2,29,31,33). The van der Waals surface area contributed by atoms with Gasteiger partial charge in [0.1, 0.15) is 0 Å². The number of hydrogen-bond donors (Lipinski definition) is 3. The van der Waals surface area contributed by atoms with E-state index in [4.69, 9.17) is 16.0 Å². The second-order valence-electron chi connectivity index (χ2n) is 7.39. The van der Waals surface area contributed by atoms with Crippen LogP contribution < -0.4 is 16.0 Å². The van der Waals surface area contributed by atoms with Crippen molar-refractivity contribution < 1.29 is 14.0 Å². The topological polar surface area (TPSA) is 109 Å². The Balaban J connectivity index is 1.26. The van der Waals surface area contributed by atoms with Crippen molar-refractivity contribution in [2.75, 3.05) is 10.6 Å². The normalized spacial score (nSPS) is 10.5. The fourth-order valence-electron chi connectivity index (χ4n) is 3.19. The molecular formula is C25H22ClN5O3. The van der Waals surface area contributed by atoms with Crippen molar-refractivity contribution in [2.24, 2.45) is 0 Å². The number of nitrogens with zero attached hydrogens (tertiary/aromatic N) is 2. The molecule has 0 aliphatic carbocycles. The third kappa shape index (κ3) is 6.43. The highest BCUT2D eigenvalue weighted by Gasteiger charge is 2.11. The number of oxazole rings is 1. The molecule has 2 heterocycles. The molecule has 2 aromatic carbocycles. The number of carbonyl (C=O) groups is 2. The third-order valence-electron chi connectivity index (χ3n) is 4.87. The molecule has 34 heavy (non-hydrogen) atoms. The summed E-state index contributed by atoms with van der Waals surface area (Å²) in [4.78, 5) is 32.7. The Bertz CT molecular complexity index is 1280. The molecule has 0 saturated carbocycles. The minimum absolute atomic E-state index is 0.187. The summed E-state index contributed by atoms with van der Waals surface area (Å²) < 4.78 is 5.74. The molecular weight excluding hydrogens is 454 g/mol. The van der Waals surface area contributed by atoms with Crippen LogP contribution in [0.5, 0.6) is 0 Å². The van der Waals surface area contributed by atoms with Gasteiger partial charge in [-0.25, -0.2) is 9.78 Å². The predicted octanol–water partition coefficient (Wildman–Crippen LogP) is 5.28. The van der Waals surface area contributed by atoms with Crippen LogP contribution in [0.1, 0.15) is 17.9 Å². The summed E-state index contributed by atoms with van der Waals surface area (Å²) in [7, 11) is 0. The highest BCUT2D eigenvalue weighted by atomic mass is 35.5. The molecule has 0 spiro atoms. The summed E-state index contributed by atoms with van der Waals surface area (Å²) in [5.74, 6) is 0.810. The van der Waals surface area contributed by atoms with Gasteiger partial charge >= 0.3 is 6.03 Å². The maximum absolute atomic E-state index is 12.4. The van der Waals surface area contributed by atoms with Crippen LogP contribution in [0.2, 0.25) is 5.02 Å². The van der Waals surface area contributed by atoms with Crippen molar-refractivity contribution in [1.29, 1.82) is 0 Å². The Kier molecular flexibility index (Phi) is 7.52. The van der Waals surface area contributed by atoms with Gasteiger partial charge in [0.05, 0.1) is 11.2 Å². The van der Waals surface area contributed by atoms with Crippen molar-refractivity contribution in [2.45, 2.75) is 19.4 Å². The Morgan fingerprint density at radius 3 is 2.50 bits per heavy atom. The van der Waals surface area contributed by atoms with E-state index in [-0.39, 0.29) is 18.4 Å². The number of carbonyl (C=O) groups excluding carboxylic acids is 2. The zero-order chi connectivity index (χ0) is 23.8. The smallest absolute Gasteiger partial charge is 0.319 e. The van der Waals surface area contributed by atoms with Crippen LogP contribution in [0, 0.1) is 0 Å². The molecule has 0 unspecified atom stereocenters. The monoisotopic (exact) mass is 475 g/mol. The fraction of sp³-hybridized carbons (Fsp3) is 0.120. The van der Waals surface area contributed by atoms with Crippen molar-refractivity contribution >= 4 is 34.9 Å². The first-order valence-corrected chi connectivity index (χ1v) is 11.0. The molecule has 0 radical (unpaired) electrons. The lowest BCUT2D eigenvalue weighted by atomic mass is 10.2. The van der Waals surface area contributed by atoms with Crippen molar-refractivity contribution in [3.63, 3.8) is 0 Å². The lowest BCUT2D eigenvalue weighted by Crippen LogP contribution is -2.28. The molecule has 0 aliphatic rings. The minimum atomic E-state index is -0.349. The number of anilines is 2. The van der Waals surface area contributed by atoms with E-state index in [1.807, 2.05) is 30.3 Å². The number of hydrogen-bond acceptors (Lipinski definition) is 5. The second kappa shape index (κ2) is 11.1. The van der Waals surface area contributed by atoms with Gasteiger partial charge in [0.2, 0.25) is 5.91 Å². The molecule has 8 nitrogen and oxygen atoms in total. The van der Waals surface area contributed by atoms with Crippen molar-refractivity contribution in [1.82, 2.24) is 15.3 Å². The lowest BCUT2D eigenvalue weighted by molar-refractivity contribution is -0.116. The summed E-state index contributed by atoms with van der Waals surface area (Å²) >= 11 is 6.19. The van der Waals surface area contributed by atoms with Gasteiger partial charge in [-0.3, -0.25) is 9.78 Å².